The van der Waals surface area contributed by atoms with Crippen LogP contribution in [0.15, 0.2) is 85.1 Å². The number of allylic oxidation sites excluding steroid dienone is 14. The second-order valence-electron chi connectivity index (χ2n) is 22.0. The summed E-state index contributed by atoms with van der Waals surface area (Å²) in [6.45, 7) is 6.53. The number of carbonyl (C=O) groups excluding carboxylic acids is 3. The van der Waals surface area contributed by atoms with Gasteiger partial charge in [0, 0.05) is 19.3 Å². The van der Waals surface area contributed by atoms with Gasteiger partial charge in [-0.2, -0.15) is 0 Å². The molecule has 0 aliphatic rings. The number of rotatable bonds is 60. The van der Waals surface area contributed by atoms with Crippen molar-refractivity contribution in [2.24, 2.45) is 0 Å². The average Bonchev–Trinajstić information content (AvgIpc) is 3.43. The summed E-state index contributed by atoms with van der Waals surface area (Å²) in [5, 5.41) is 0. The fourth-order valence-corrected chi connectivity index (χ4v) is 9.44. The van der Waals surface area contributed by atoms with Crippen molar-refractivity contribution >= 4 is 17.9 Å². The number of esters is 3. The predicted octanol–water partition coefficient (Wildman–Crippen LogP) is 22.7. The third-order valence-corrected chi connectivity index (χ3v) is 14.4. The molecular formula is C71H124O6. The molecule has 1 unspecified atom stereocenters. The fourth-order valence-electron chi connectivity index (χ4n) is 9.44. The van der Waals surface area contributed by atoms with Crippen LogP contribution in [0.4, 0.5) is 0 Å². The molecular weight excluding hydrogens is 949 g/mol. The third-order valence-electron chi connectivity index (χ3n) is 14.4. The second kappa shape index (κ2) is 65.1. The summed E-state index contributed by atoms with van der Waals surface area (Å²) < 4.78 is 16.9. The largest absolute Gasteiger partial charge is 0.462 e. The maximum Gasteiger partial charge on any atom is 0.306 e. The van der Waals surface area contributed by atoms with Crippen molar-refractivity contribution in [1.29, 1.82) is 0 Å². The van der Waals surface area contributed by atoms with Crippen LogP contribution in [-0.4, -0.2) is 37.2 Å². The Bertz CT molecular complexity index is 1470. The number of carbonyl (C=O) groups is 3. The van der Waals surface area contributed by atoms with Gasteiger partial charge in [0.15, 0.2) is 6.10 Å². The highest BCUT2D eigenvalue weighted by molar-refractivity contribution is 5.71. The monoisotopic (exact) mass is 1070 g/mol. The SMILES string of the molecule is CC/C=C\C/C=C\C/C=C\C/C=C\C/C=C\C/C=C\CCCCCCCCCCC(=O)OCC(COC(=O)CCCCCCC/C=C\CCCCC)OC(=O)CCCCCCCCCCCCCCCCCCCCCC. The van der Waals surface area contributed by atoms with Gasteiger partial charge in [0.2, 0.25) is 0 Å². The van der Waals surface area contributed by atoms with E-state index in [1.54, 1.807) is 0 Å². The molecule has 6 heteroatoms. The molecule has 1 atom stereocenters. The van der Waals surface area contributed by atoms with Gasteiger partial charge in [-0.25, -0.2) is 0 Å². The van der Waals surface area contributed by atoms with Crippen molar-refractivity contribution in [3.05, 3.63) is 85.1 Å². The maximum absolute atomic E-state index is 12.9. The standard InChI is InChI=1S/C71H124O6/c1-4-7-10-13-16-19-22-25-27-29-31-33-34-35-36-37-38-39-41-42-44-46-49-52-55-58-61-64-70(73)76-67-68(66-75-69(72)63-60-57-54-51-48-24-21-18-15-12-9-6-3)77-71(74)65-62-59-56-53-50-47-45-43-40-32-30-28-26-23-20-17-14-11-8-5-2/h7,10,16,18-19,21,25,27,31,33,35-36,38-39,68H,4-6,8-9,11-15,17,20,22-24,26,28-30,32,34,37,40-67H2,1-3H3/b10-7-,19-16-,21-18-,27-25-,33-31-,36-35-,39-38-. The first-order chi connectivity index (χ1) is 38.0. The van der Waals surface area contributed by atoms with Crippen LogP contribution in [0.3, 0.4) is 0 Å². The van der Waals surface area contributed by atoms with Crippen LogP contribution < -0.4 is 0 Å². The molecule has 0 fully saturated rings. The summed E-state index contributed by atoms with van der Waals surface area (Å²) in [6, 6.07) is 0. The Kier molecular flexibility index (Phi) is 62.2. The quantitative estimate of drug-likeness (QED) is 0.0261. The molecule has 444 valence electrons. The Morgan fingerprint density at radius 3 is 0.831 bits per heavy atom. The molecule has 0 heterocycles. The molecule has 6 nitrogen and oxygen atoms in total. The molecule has 0 radical (unpaired) electrons. The molecule has 0 aromatic heterocycles. The molecule has 0 aromatic rings. The molecule has 0 aliphatic heterocycles. The van der Waals surface area contributed by atoms with Crippen molar-refractivity contribution in [3.8, 4) is 0 Å². The lowest BCUT2D eigenvalue weighted by molar-refractivity contribution is -0.167. The highest BCUT2D eigenvalue weighted by atomic mass is 16.6. The smallest absolute Gasteiger partial charge is 0.306 e. The average molecular weight is 1070 g/mol. The molecule has 0 amide bonds. The van der Waals surface area contributed by atoms with E-state index in [1.165, 1.54) is 180 Å². The van der Waals surface area contributed by atoms with E-state index in [0.29, 0.717) is 19.3 Å². The second-order valence-corrected chi connectivity index (χ2v) is 22.0. The lowest BCUT2D eigenvalue weighted by Crippen LogP contribution is -2.30. The number of hydrogen-bond donors (Lipinski definition) is 0. The Morgan fingerprint density at radius 1 is 0.273 bits per heavy atom. The molecule has 0 rings (SSSR count). The molecule has 0 spiro atoms. The molecule has 0 aliphatic carbocycles. The van der Waals surface area contributed by atoms with E-state index >= 15 is 0 Å². The summed E-state index contributed by atoms with van der Waals surface area (Å²) >= 11 is 0. The van der Waals surface area contributed by atoms with Crippen molar-refractivity contribution in [3.63, 3.8) is 0 Å². The zero-order valence-electron chi connectivity index (χ0n) is 51.0. The van der Waals surface area contributed by atoms with Crippen LogP contribution in [-0.2, 0) is 28.6 Å². The molecule has 0 aromatic carbocycles. The third kappa shape index (κ3) is 63.3. The van der Waals surface area contributed by atoms with E-state index in [-0.39, 0.29) is 31.1 Å². The van der Waals surface area contributed by atoms with Gasteiger partial charge in [0.05, 0.1) is 0 Å². The Balaban J connectivity index is 4.29. The van der Waals surface area contributed by atoms with E-state index in [4.69, 9.17) is 14.2 Å². The van der Waals surface area contributed by atoms with Crippen LogP contribution in [0, 0.1) is 0 Å². The minimum absolute atomic E-state index is 0.0803. The summed E-state index contributed by atoms with van der Waals surface area (Å²) in [4.78, 5) is 38.3. The van der Waals surface area contributed by atoms with Gasteiger partial charge in [0.1, 0.15) is 13.2 Å². The molecule has 0 saturated heterocycles. The van der Waals surface area contributed by atoms with Crippen molar-refractivity contribution < 1.29 is 28.6 Å². The molecule has 0 saturated carbocycles. The van der Waals surface area contributed by atoms with Gasteiger partial charge < -0.3 is 14.2 Å². The Morgan fingerprint density at radius 2 is 0.506 bits per heavy atom. The zero-order valence-corrected chi connectivity index (χ0v) is 51.0. The van der Waals surface area contributed by atoms with Gasteiger partial charge in [0.25, 0.3) is 0 Å². The van der Waals surface area contributed by atoms with Crippen LogP contribution in [0.2, 0.25) is 0 Å². The maximum atomic E-state index is 12.9. The normalized spacial score (nSPS) is 12.6. The summed E-state index contributed by atoms with van der Waals surface area (Å²) in [6.07, 6.45) is 85.9. The van der Waals surface area contributed by atoms with E-state index in [0.717, 1.165) is 109 Å². The number of unbranched alkanes of at least 4 members (excludes halogenated alkanes) is 35. The van der Waals surface area contributed by atoms with Crippen LogP contribution in [0.5, 0.6) is 0 Å². The van der Waals surface area contributed by atoms with E-state index in [2.05, 4.69) is 106 Å². The Labute approximate surface area is 477 Å². The predicted molar refractivity (Wildman–Crippen MR) is 334 cm³/mol. The van der Waals surface area contributed by atoms with E-state index in [9.17, 15) is 14.4 Å². The van der Waals surface area contributed by atoms with E-state index < -0.39 is 6.10 Å². The van der Waals surface area contributed by atoms with Gasteiger partial charge in [-0.1, -0.05) is 298 Å². The number of ether oxygens (including phenoxy) is 3. The summed E-state index contributed by atoms with van der Waals surface area (Å²) in [7, 11) is 0. The zero-order chi connectivity index (χ0) is 55.7. The Hall–Kier alpha value is -3.41. The van der Waals surface area contributed by atoms with Gasteiger partial charge in [-0.3, -0.25) is 14.4 Å². The van der Waals surface area contributed by atoms with Crippen molar-refractivity contribution in [2.75, 3.05) is 13.2 Å². The van der Waals surface area contributed by atoms with Crippen molar-refractivity contribution in [2.45, 2.75) is 335 Å². The molecule has 0 bridgehead atoms. The molecule has 77 heavy (non-hydrogen) atoms. The van der Waals surface area contributed by atoms with Crippen LogP contribution in [0.25, 0.3) is 0 Å². The minimum atomic E-state index is -0.782. The van der Waals surface area contributed by atoms with E-state index in [1.807, 2.05) is 0 Å². The topological polar surface area (TPSA) is 78.9 Å². The first-order valence-electron chi connectivity index (χ1n) is 33.1. The minimum Gasteiger partial charge on any atom is -0.462 e. The van der Waals surface area contributed by atoms with Crippen LogP contribution in [0.1, 0.15) is 329 Å². The highest BCUT2D eigenvalue weighted by Gasteiger charge is 2.19. The summed E-state index contributed by atoms with van der Waals surface area (Å²) in [5.74, 6) is -0.881. The first kappa shape index (κ1) is 73.6. The number of hydrogen-bond acceptors (Lipinski definition) is 6. The van der Waals surface area contributed by atoms with Crippen molar-refractivity contribution in [1.82, 2.24) is 0 Å². The van der Waals surface area contributed by atoms with Gasteiger partial charge in [-0.05, 0) is 96.3 Å². The first-order valence-corrected chi connectivity index (χ1v) is 33.1. The van der Waals surface area contributed by atoms with Gasteiger partial charge in [-0.15, -0.1) is 0 Å². The highest BCUT2D eigenvalue weighted by Crippen LogP contribution is 2.17. The lowest BCUT2D eigenvalue weighted by Gasteiger charge is -2.18. The molecule has 0 N–H and O–H groups in total. The van der Waals surface area contributed by atoms with Crippen LogP contribution >= 0.6 is 0 Å². The fraction of sp³-hybridized carbons (Fsp3) is 0.761. The summed E-state index contributed by atoms with van der Waals surface area (Å²) in [5.41, 5.74) is 0. The lowest BCUT2D eigenvalue weighted by atomic mass is 10.0. The van der Waals surface area contributed by atoms with Gasteiger partial charge >= 0.3 is 17.9 Å².